The minimum atomic E-state index is -0.127. The Morgan fingerprint density at radius 3 is 2.67 bits per heavy atom. The summed E-state index contributed by atoms with van der Waals surface area (Å²) in [6, 6.07) is 9.24. The van der Waals surface area contributed by atoms with Crippen LogP contribution in [-0.2, 0) is 24.2 Å². The molecule has 1 N–H and O–H groups in total. The smallest absolute Gasteiger partial charge is 0.253 e. The number of nitrogens with one attached hydrogen (secondary N) is 1. The Labute approximate surface area is 162 Å². The number of ether oxygens (including phenoxy) is 1. The number of amides is 1. The summed E-state index contributed by atoms with van der Waals surface area (Å²) in [4.78, 5) is 28.3. The lowest BCUT2D eigenvalue weighted by atomic mass is 10.1. The molecule has 1 amide bonds. The van der Waals surface area contributed by atoms with Gasteiger partial charge in [-0.25, -0.2) is 4.98 Å². The van der Waals surface area contributed by atoms with E-state index in [4.69, 9.17) is 4.74 Å². The third kappa shape index (κ3) is 4.80. The van der Waals surface area contributed by atoms with Crippen LogP contribution in [0.15, 0.2) is 46.7 Å². The number of aromatic nitrogens is 2. The van der Waals surface area contributed by atoms with Crippen molar-refractivity contribution in [2.75, 3.05) is 6.61 Å². The largest absolute Gasteiger partial charge is 0.492 e. The topological polar surface area (TPSA) is 73.2 Å². The van der Waals surface area contributed by atoms with Crippen molar-refractivity contribution in [1.29, 1.82) is 0 Å². The molecular formula is C20H23N3O3S. The van der Waals surface area contributed by atoms with E-state index in [9.17, 15) is 9.59 Å². The Morgan fingerprint density at radius 2 is 2.04 bits per heavy atom. The van der Waals surface area contributed by atoms with Crippen LogP contribution in [0.5, 0.6) is 5.75 Å². The maximum Gasteiger partial charge on any atom is 0.253 e. The highest BCUT2D eigenvalue weighted by Crippen LogP contribution is 2.28. The van der Waals surface area contributed by atoms with Gasteiger partial charge in [-0.15, -0.1) is 0 Å². The molecule has 1 atom stereocenters. The second kappa shape index (κ2) is 8.43. The van der Waals surface area contributed by atoms with Gasteiger partial charge in [-0.05, 0) is 31.0 Å². The Morgan fingerprint density at radius 1 is 1.30 bits per heavy atom. The van der Waals surface area contributed by atoms with Crippen molar-refractivity contribution < 1.29 is 9.53 Å². The van der Waals surface area contributed by atoms with Gasteiger partial charge in [0.2, 0.25) is 5.91 Å². The molecule has 2 heterocycles. The summed E-state index contributed by atoms with van der Waals surface area (Å²) < 4.78 is 7.43. The molecule has 2 aromatic rings. The first-order valence-corrected chi connectivity index (χ1v) is 9.79. The molecule has 1 aliphatic rings. The van der Waals surface area contributed by atoms with Crippen LogP contribution in [0.3, 0.4) is 0 Å². The second-order valence-electron chi connectivity index (χ2n) is 6.37. The molecule has 1 aromatic heterocycles. The molecule has 0 radical (unpaired) electrons. The summed E-state index contributed by atoms with van der Waals surface area (Å²) in [6.07, 6.45) is 1.35. The summed E-state index contributed by atoms with van der Waals surface area (Å²) in [7, 11) is 0. The van der Waals surface area contributed by atoms with Crippen molar-refractivity contribution >= 4 is 17.7 Å². The fourth-order valence-corrected chi connectivity index (χ4v) is 3.93. The van der Waals surface area contributed by atoms with Crippen LogP contribution in [0.2, 0.25) is 0 Å². The van der Waals surface area contributed by atoms with Crippen LogP contribution >= 0.6 is 11.8 Å². The van der Waals surface area contributed by atoms with Crippen LogP contribution in [0.1, 0.15) is 24.0 Å². The normalized spacial score (nSPS) is 16.4. The fourth-order valence-electron chi connectivity index (χ4n) is 2.99. The SMILES string of the molecule is C=C1NC(=O)C(Cc2ccc(OCCn3c(CC)nc(C)cc3=O)cc2)S1. The zero-order chi connectivity index (χ0) is 19.4. The van der Waals surface area contributed by atoms with Gasteiger partial charge >= 0.3 is 0 Å². The van der Waals surface area contributed by atoms with Crippen molar-refractivity contribution in [2.45, 2.75) is 38.5 Å². The number of carbonyl (C=O) groups excluding carboxylic acids is 1. The van der Waals surface area contributed by atoms with E-state index >= 15 is 0 Å². The van der Waals surface area contributed by atoms with Crippen LogP contribution < -0.4 is 15.6 Å². The zero-order valence-electron chi connectivity index (χ0n) is 15.5. The first-order valence-electron chi connectivity index (χ1n) is 8.91. The second-order valence-corrected chi connectivity index (χ2v) is 7.67. The molecule has 0 bridgehead atoms. The van der Waals surface area contributed by atoms with Crippen molar-refractivity contribution in [3.8, 4) is 5.75 Å². The van der Waals surface area contributed by atoms with Crippen LogP contribution in [-0.4, -0.2) is 27.3 Å². The lowest BCUT2D eigenvalue weighted by molar-refractivity contribution is -0.119. The number of hydrogen-bond donors (Lipinski definition) is 1. The maximum atomic E-state index is 12.1. The molecule has 7 heteroatoms. The van der Waals surface area contributed by atoms with Crippen molar-refractivity contribution in [3.63, 3.8) is 0 Å². The van der Waals surface area contributed by atoms with Gasteiger partial charge in [0.05, 0.1) is 16.8 Å². The van der Waals surface area contributed by atoms with Crippen LogP contribution in [0.4, 0.5) is 0 Å². The minimum absolute atomic E-state index is 0.00852. The molecule has 1 fully saturated rings. The van der Waals surface area contributed by atoms with Crippen molar-refractivity contribution in [1.82, 2.24) is 14.9 Å². The quantitative estimate of drug-likeness (QED) is 0.793. The third-order valence-corrected chi connectivity index (χ3v) is 5.35. The first-order chi connectivity index (χ1) is 13.0. The lowest BCUT2D eigenvalue weighted by Gasteiger charge is -2.13. The molecule has 1 aromatic carbocycles. The Hall–Kier alpha value is -2.54. The Balaban J connectivity index is 1.56. The minimum Gasteiger partial charge on any atom is -0.492 e. The highest BCUT2D eigenvalue weighted by molar-refractivity contribution is 8.04. The van der Waals surface area contributed by atoms with E-state index in [1.54, 1.807) is 10.6 Å². The third-order valence-electron chi connectivity index (χ3n) is 4.30. The average Bonchev–Trinajstić information content (AvgIpc) is 2.95. The molecule has 0 saturated carbocycles. The fraction of sp³-hybridized carbons (Fsp3) is 0.350. The van der Waals surface area contributed by atoms with E-state index in [-0.39, 0.29) is 16.7 Å². The number of hydrogen-bond acceptors (Lipinski definition) is 5. The van der Waals surface area contributed by atoms with E-state index in [2.05, 4.69) is 16.9 Å². The average molecular weight is 385 g/mol. The molecule has 27 heavy (non-hydrogen) atoms. The summed E-state index contributed by atoms with van der Waals surface area (Å²) >= 11 is 1.47. The molecule has 0 aliphatic carbocycles. The number of aryl methyl sites for hydroxylation is 2. The van der Waals surface area contributed by atoms with Gasteiger partial charge in [0.25, 0.3) is 5.56 Å². The highest BCUT2D eigenvalue weighted by atomic mass is 32.2. The van der Waals surface area contributed by atoms with Crippen LogP contribution in [0, 0.1) is 6.92 Å². The van der Waals surface area contributed by atoms with Gasteiger partial charge < -0.3 is 10.1 Å². The zero-order valence-corrected chi connectivity index (χ0v) is 16.3. The van der Waals surface area contributed by atoms with Gasteiger partial charge in [-0.3, -0.25) is 14.2 Å². The predicted octanol–water partition coefficient (Wildman–Crippen LogP) is 2.44. The van der Waals surface area contributed by atoms with E-state index in [1.807, 2.05) is 38.1 Å². The van der Waals surface area contributed by atoms with Gasteiger partial charge in [0.1, 0.15) is 18.2 Å². The number of nitrogens with zero attached hydrogens (tertiary/aromatic N) is 2. The van der Waals surface area contributed by atoms with E-state index in [1.165, 1.54) is 11.8 Å². The standard InChI is InChI=1S/C20H23N3O3S/c1-4-18-21-13(2)11-19(24)23(18)9-10-26-16-7-5-15(6-8-16)12-17-20(25)22-14(3)27-17/h5-8,11,17H,3-4,9-10,12H2,1-2H3,(H,22,25). The van der Waals surface area contributed by atoms with Gasteiger partial charge in [-0.1, -0.05) is 37.4 Å². The summed E-state index contributed by atoms with van der Waals surface area (Å²) in [5, 5.41) is 3.31. The Bertz CT molecular complexity index is 906. The molecule has 3 rings (SSSR count). The van der Waals surface area contributed by atoms with Gasteiger partial charge in [0, 0.05) is 18.2 Å². The number of carbonyl (C=O) groups is 1. The monoisotopic (exact) mass is 385 g/mol. The number of rotatable bonds is 7. The van der Waals surface area contributed by atoms with Crippen LogP contribution in [0.25, 0.3) is 0 Å². The summed E-state index contributed by atoms with van der Waals surface area (Å²) in [5.41, 5.74) is 1.76. The number of thioether (sulfide) groups is 1. The Kier molecular flexibility index (Phi) is 6.01. The highest BCUT2D eigenvalue weighted by Gasteiger charge is 2.27. The molecule has 6 nitrogen and oxygen atoms in total. The molecule has 1 saturated heterocycles. The first kappa shape index (κ1) is 19.2. The van der Waals surface area contributed by atoms with E-state index in [0.717, 1.165) is 22.8 Å². The molecule has 0 spiro atoms. The lowest BCUT2D eigenvalue weighted by Crippen LogP contribution is -2.27. The van der Waals surface area contributed by atoms with E-state index < -0.39 is 0 Å². The molecule has 1 unspecified atom stereocenters. The molecular weight excluding hydrogens is 362 g/mol. The summed E-state index contributed by atoms with van der Waals surface area (Å²) in [5.74, 6) is 1.51. The van der Waals surface area contributed by atoms with Crippen molar-refractivity contribution in [2.24, 2.45) is 0 Å². The van der Waals surface area contributed by atoms with Gasteiger partial charge in [0.15, 0.2) is 0 Å². The molecule has 1 aliphatic heterocycles. The number of benzene rings is 1. The van der Waals surface area contributed by atoms with Crippen molar-refractivity contribution in [3.05, 3.63) is 69.4 Å². The predicted molar refractivity (Wildman–Crippen MR) is 107 cm³/mol. The van der Waals surface area contributed by atoms with E-state index in [0.29, 0.717) is 31.0 Å². The van der Waals surface area contributed by atoms with Gasteiger partial charge in [-0.2, -0.15) is 0 Å². The maximum absolute atomic E-state index is 12.1. The molecule has 142 valence electrons. The summed E-state index contributed by atoms with van der Waals surface area (Å²) in [6.45, 7) is 8.43.